The molecular weight excluding hydrogens is 270 g/mol. The van der Waals surface area contributed by atoms with Gasteiger partial charge >= 0.3 is 0 Å². The molecule has 21 heavy (non-hydrogen) atoms. The SMILES string of the molecule is O=C(NCc1ccnc(N2CCCC2=O)c1)C1CCOC1. The number of carbonyl (C=O) groups excluding carboxylic acids is 2. The fourth-order valence-electron chi connectivity index (χ4n) is 2.68. The number of amides is 2. The van der Waals surface area contributed by atoms with Crippen LogP contribution >= 0.6 is 0 Å². The summed E-state index contributed by atoms with van der Waals surface area (Å²) in [5, 5.41) is 2.92. The van der Waals surface area contributed by atoms with Crippen molar-refractivity contribution in [1.82, 2.24) is 10.3 Å². The number of hydrogen-bond donors (Lipinski definition) is 1. The van der Waals surface area contributed by atoms with Crippen LogP contribution in [0.4, 0.5) is 5.82 Å². The Kier molecular flexibility index (Phi) is 4.15. The van der Waals surface area contributed by atoms with Gasteiger partial charge in [0.1, 0.15) is 5.82 Å². The summed E-state index contributed by atoms with van der Waals surface area (Å²) in [6.45, 7) is 2.35. The topological polar surface area (TPSA) is 71.5 Å². The number of carbonyl (C=O) groups is 2. The van der Waals surface area contributed by atoms with E-state index in [0.29, 0.717) is 32.0 Å². The Labute approximate surface area is 123 Å². The number of rotatable bonds is 4. The maximum absolute atomic E-state index is 11.9. The Morgan fingerprint density at radius 1 is 1.52 bits per heavy atom. The molecule has 6 nitrogen and oxygen atoms in total. The molecule has 1 aromatic rings. The van der Waals surface area contributed by atoms with E-state index in [9.17, 15) is 9.59 Å². The molecule has 0 saturated carbocycles. The summed E-state index contributed by atoms with van der Waals surface area (Å²) in [4.78, 5) is 29.6. The van der Waals surface area contributed by atoms with Crippen molar-refractivity contribution >= 4 is 17.6 Å². The highest BCUT2D eigenvalue weighted by molar-refractivity contribution is 5.94. The molecule has 0 radical (unpaired) electrons. The molecule has 2 saturated heterocycles. The van der Waals surface area contributed by atoms with Crippen LogP contribution < -0.4 is 10.2 Å². The van der Waals surface area contributed by atoms with E-state index in [1.165, 1.54) is 0 Å². The first-order chi connectivity index (χ1) is 10.2. The van der Waals surface area contributed by atoms with E-state index in [0.717, 1.165) is 24.9 Å². The molecule has 1 aromatic heterocycles. The molecular formula is C15H19N3O3. The van der Waals surface area contributed by atoms with Gasteiger partial charge in [0.15, 0.2) is 0 Å². The molecule has 2 aliphatic heterocycles. The molecule has 0 aromatic carbocycles. The smallest absolute Gasteiger partial charge is 0.228 e. The highest BCUT2D eigenvalue weighted by atomic mass is 16.5. The van der Waals surface area contributed by atoms with Gasteiger partial charge in [-0.25, -0.2) is 4.98 Å². The van der Waals surface area contributed by atoms with Crippen molar-refractivity contribution in [3.63, 3.8) is 0 Å². The quantitative estimate of drug-likeness (QED) is 0.892. The van der Waals surface area contributed by atoms with Gasteiger partial charge in [-0.3, -0.25) is 14.5 Å². The summed E-state index contributed by atoms with van der Waals surface area (Å²) in [6.07, 6.45) is 3.93. The summed E-state index contributed by atoms with van der Waals surface area (Å²) in [5.41, 5.74) is 0.951. The maximum atomic E-state index is 11.9. The van der Waals surface area contributed by atoms with Crippen molar-refractivity contribution in [2.45, 2.75) is 25.8 Å². The summed E-state index contributed by atoms with van der Waals surface area (Å²) in [6, 6.07) is 3.73. The van der Waals surface area contributed by atoms with Crippen molar-refractivity contribution in [2.24, 2.45) is 5.92 Å². The average molecular weight is 289 g/mol. The Hall–Kier alpha value is -1.95. The van der Waals surface area contributed by atoms with Crippen molar-refractivity contribution in [1.29, 1.82) is 0 Å². The zero-order valence-electron chi connectivity index (χ0n) is 11.9. The summed E-state index contributed by atoms with van der Waals surface area (Å²) in [7, 11) is 0. The van der Waals surface area contributed by atoms with Crippen molar-refractivity contribution in [3.05, 3.63) is 23.9 Å². The molecule has 2 aliphatic rings. The molecule has 1 atom stereocenters. The standard InChI is InChI=1S/C15H19N3O3/c19-14-2-1-6-18(14)13-8-11(3-5-16-13)9-17-15(20)12-4-7-21-10-12/h3,5,8,12H,1-2,4,6-7,9-10H2,(H,17,20). The number of pyridine rings is 1. The largest absolute Gasteiger partial charge is 0.381 e. The molecule has 2 fully saturated rings. The molecule has 6 heteroatoms. The van der Waals surface area contributed by atoms with E-state index in [2.05, 4.69) is 10.3 Å². The lowest BCUT2D eigenvalue weighted by atomic mass is 10.1. The first-order valence-electron chi connectivity index (χ1n) is 7.35. The third-order valence-corrected chi connectivity index (χ3v) is 3.93. The minimum Gasteiger partial charge on any atom is -0.381 e. The molecule has 0 spiro atoms. The van der Waals surface area contributed by atoms with Gasteiger partial charge in [-0.15, -0.1) is 0 Å². The maximum Gasteiger partial charge on any atom is 0.228 e. The third-order valence-electron chi connectivity index (χ3n) is 3.93. The van der Waals surface area contributed by atoms with Crippen LogP contribution in [0.5, 0.6) is 0 Å². The molecule has 0 aliphatic carbocycles. The fraction of sp³-hybridized carbons (Fsp3) is 0.533. The summed E-state index contributed by atoms with van der Waals surface area (Å²) < 4.78 is 5.21. The van der Waals surface area contributed by atoms with Crippen LogP contribution in [0, 0.1) is 5.92 Å². The van der Waals surface area contributed by atoms with Gasteiger partial charge in [0.05, 0.1) is 12.5 Å². The number of ether oxygens (including phenoxy) is 1. The normalized spacial score (nSPS) is 21.8. The number of nitrogens with zero attached hydrogens (tertiary/aromatic N) is 2. The first kappa shape index (κ1) is 14.0. The third kappa shape index (κ3) is 3.21. The lowest BCUT2D eigenvalue weighted by Gasteiger charge is -2.15. The van der Waals surface area contributed by atoms with E-state index < -0.39 is 0 Å². The van der Waals surface area contributed by atoms with Crippen molar-refractivity contribution < 1.29 is 14.3 Å². The lowest BCUT2D eigenvalue weighted by molar-refractivity contribution is -0.125. The molecule has 112 valence electrons. The van der Waals surface area contributed by atoms with Crippen LogP contribution in [-0.4, -0.2) is 36.6 Å². The Balaban J connectivity index is 1.60. The predicted molar refractivity (Wildman–Crippen MR) is 76.6 cm³/mol. The molecule has 3 rings (SSSR count). The predicted octanol–water partition coefficient (Wildman–Crippen LogP) is 0.861. The van der Waals surface area contributed by atoms with Crippen LogP contribution in [0.2, 0.25) is 0 Å². The van der Waals surface area contributed by atoms with Crippen molar-refractivity contribution in [3.8, 4) is 0 Å². The van der Waals surface area contributed by atoms with Gasteiger partial charge in [-0.2, -0.15) is 0 Å². The highest BCUT2D eigenvalue weighted by Crippen LogP contribution is 2.20. The van der Waals surface area contributed by atoms with Gasteiger partial charge < -0.3 is 10.1 Å². The number of aromatic nitrogens is 1. The Bertz CT molecular complexity index is 541. The molecule has 1 N–H and O–H groups in total. The van der Waals surface area contributed by atoms with Crippen molar-refractivity contribution in [2.75, 3.05) is 24.7 Å². The summed E-state index contributed by atoms with van der Waals surface area (Å²) in [5.74, 6) is 0.787. The van der Waals surface area contributed by atoms with Gasteiger partial charge in [0, 0.05) is 32.3 Å². The lowest BCUT2D eigenvalue weighted by Crippen LogP contribution is -2.30. The van der Waals surface area contributed by atoms with Crippen LogP contribution in [0.1, 0.15) is 24.8 Å². The van der Waals surface area contributed by atoms with Crippen LogP contribution in [0.25, 0.3) is 0 Å². The van der Waals surface area contributed by atoms with Crippen LogP contribution in [0.15, 0.2) is 18.3 Å². The fourth-order valence-corrected chi connectivity index (χ4v) is 2.68. The highest BCUT2D eigenvalue weighted by Gasteiger charge is 2.24. The van der Waals surface area contributed by atoms with E-state index >= 15 is 0 Å². The van der Waals surface area contributed by atoms with Gasteiger partial charge in [0.25, 0.3) is 0 Å². The van der Waals surface area contributed by atoms with Gasteiger partial charge in [0.2, 0.25) is 11.8 Å². The monoisotopic (exact) mass is 289 g/mol. The number of hydrogen-bond acceptors (Lipinski definition) is 4. The first-order valence-corrected chi connectivity index (χ1v) is 7.35. The van der Waals surface area contributed by atoms with E-state index in [1.807, 2.05) is 12.1 Å². The van der Waals surface area contributed by atoms with Crippen LogP contribution in [0.3, 0.4) is 0 Å². The number of nitrogens with one attached hydrogen (secondary N) is 1. The zero-order chi connectivity index (χ0) is 14.7. The Morgan fingerprint density at radius 2 is 2.43 bits per heavy atom. The molecule has 1 unspecified atom stereocenters. The van der Waals surface area contributed by atoms with Gasteiger partial charge in [-0.1, -0.05) is 0 Å². The second-order valence-electron chi connectivity index (χ2n) is 5.45. The van der Waals surface area contributed by atoms with E-state index in [-0.39, 0.29) is 17.7 Å². The second-order valence-corrected chi connectivity index (χ2v) is 5.45. The minimum absolute atomic E-state index is 0.0307. The molecule has 0 bridgehead atoms. The second kappa shape index (κ2) is 6.22. The minimum atomic E-state index is -0.0357. The zero-order valence-corrected chi connectivity index (χ0v) is 11.9. The Morgan fingerprint density at radius 3 is 3.14 bits per heavy atom. The molecule has 3 heterocycles. The number of anilines is 1. The van der Waals surface area contributed by atoms with Gasteiger partial charge in [-0.05, 0) is 30.5 Å². The van der Waals surface area contributed by atoms with Crippen LogP contribution in [-0.2, 0) is 20.9 Å². The average Bonchev–Trinajstić information content (AvgIpc) is 3.16. The van der Waals surface area contributed by atoms with E-state index in [1.54, 1.807) is 11.1 Å². The molecule has 2 amide bonds. The summed E-state index contributed by atoms with van der Waals surface area (Å²) >= 11 is 0. The van der Waals surface area contributed by atoms with E-state index in [4.69, 9.17) is 4.74 Å².